The summed E-state index contributed by atoms with van der Waals surface area (Å²) < 4.78 is 27.5. The molecule has 20 heavy (non-hydrogen) atoms. The van der Waals surface area contributed by atoms with Crippen LogP contribution in [0.5, 0.6) is 0 Å². The van der Waals surface area contributed by atoms with Crippen LogP contribution in [0.2, 0.25) is 0 Å². The lowest BCUT2D eigenvalue weighted by molar-refractivity contribution is 0.0957. The number of Topliss-reactive ketones (excluding diaryl/α,β-unsaturated/α-hetero) is 1. The van der Waals surface area contributed by atoms with Gasteiger partial charge in [0.1, 0.15) is 0 Å². The van der Waals surface area contributed by atoms with Crippen molar-refractivity contribution in [2.45, 2.75) is 12.8 Å². The summed E-state index contributed by atoms with van der Waals surface area (Å²) in [6.45, 7) is 1.49. The number of ketones is 1. The lowest BCUT2D eigenvalue weighted by Gasteiger charge is -2.15. The largest absolute Gasteiger partial charge is 0.329 e. The van der Waals surface area contributed by atoms with Gasteiger partial charge in [-0.15, -0.1) is 0 Å². The van der Waals surface area contributed by atoms with Gasteiger partial charge in [0.2, 0.25) is 0 Å². The molecule has 0 spiro atoms. The molecule has 0 radical (unpaired) electrons. The van der Waals surface area contributed by atoms with Crippen LogP contribution in [-0.2, 0) is 0 Å². The van der Waals surface area contributed by atoms with Crippen molar-refractivity contribution in [3.8, 4) is 0 Å². The summed E-state index contributed by atoms with van der Waals surface area (Å²) in [7, 11) is 0. The fraction of sp³-hybridized carbons (Fsp3) is 0.188. The first-order chi connectivity index (χ1) is 9.56. The molecule has 2 aromatic rings. The van der Waals surface area contributed by atoms with Gasteiger partial charge in [-0.1, -0.05) is 36.4 Å². The van der Waals surface area contributed by atoms with Crippen LogP contribution in [0.15, 0.2) is 42.5 Å². The van der Waals surface area contributed by atoms with Crippen LogP contribution in [0.1, 0.15) is 27.4 Å². The number of benzene rings is 2. The van der Waals surface area contributed by atoms with Gasteiger partial charge in [0.05, 0.1) is 11.5 Å². The van der Waals surface area contributed by atoms with Crippen molar-refractivity contribution in [1.82, 2.24) is 0 Å². The van der Waals surface area contributed by atoms with Gasteiger partial charge < -0.3 is 5.73 Å². The maximum absolute atomic E-state index is 13.9. The van der Waals surface area contributed by atoms with E-state index in [9.17, 15) is 13.6 Å². The van der Waals surface area contributed by atoms with Crippen molar-refractivity contribution in [1.29, 1.82) is 0 Å². The van der Waals surface area contributed by atoms with E-state index < -0.39 is 23.3 Å². The van der Waals surface area contributed by atoms with E-state index in [1.165, 1.54) is 19.1 Å². The molecule has 0 fully saturated rings. The normalized spacial score (nSPS) is 12.2. The minimum absolute atomic E-state index is 0.0395. The quantitative estimate of drug-likeness (QED) is 0.871. The molecule has 2 aromatic carbocycles. The Bertz CT molecular complexity index is 626. The summed E-state index contributed by atoms with van der Waals surface area (Å²) in [4.78, 5) is 12.4. The van der Waals surface area contributed by atoms with Gasteiger partial charge in [-0.3, -0.25) is 4.79 Å². The first-order valence-electron chi connectivity index (χ1n) is 6.30. The zero-order chi connectivity index (χ0) is 14.7. The molecule has 2 nitrogen and oxygen atoms in total. The Kier molecular flexibility index (Phi) is 4.25. The van der Waals surface area contributed by atoms with Gasteiger partial charge in [-0.05, 0) is 24.1 Å². The fourth-order valence-corrected chi connectivity index (χ4v) is 2.10. The molecule has 2 N–H and O–H groups in total. The van der Waals surface area contributed by atoms with Gasteiger partial charge in [-0.2, -0.15) is 0 Å². The SMILES string of the molecule is Cc1ccc(C(=O)C(CN)c2ccccc2)c(F)c1F. The minimum atomic E-state index is -1.11. The van der Waals surface area contributed by atoms with Crippen LogP contribution in [0.25, 0.3) is 0 Å². The number of nitrogens with two attached hydrogens (primary N) is 1. The molecule has 1 unspecified atom stereocenters. The summed E-state index contributed by atoms with van der Waals surface area (Å²) in [6, 6.07) is 11.6. The summed E-state index contributed by atoms with van der Waals surface area (Å²) in [5, 5.41) is 0. The summed E-state index contributed by atoms with van der Waals surface area (Å²) >= 11 is 0. The molecule has 0 saturated heterocycles. The highest BCUT2D eigenvalue weighted by atomic mass is 19.2. The average molecular weight is 275 g/mol. The van der Waals surface area contributed by atoms with E-state index in [0.717, 1.165) is 0 Å². The molecule has 0 saturated carbocycles. The van der Waals surface area contributed by atoms with E-state index in [4.69, 9.17) is 5.73 Å². The van der Waals surface area contributed by atoms with Crippen molar-refractivity contribution < 1.29 is 13.6 Å². The number of carbonyl (C=O) groups is 1. The van der Waals surface area contributed by atoms with Gasteiger partial charge in [0, 0.05) is 6.54 Å². The lowest BCUT2D eigenvalue weighted by Crippen LogP contribution is -2.23. The number of aryl methyl sites for hydroxylation is 1. The van der Waals surface area contributed by atoms with E-state index in [0.29, 0.717) is 5.56 Å². The maximum Gasteiger partial charge on any atom is 0.174 e. The van der Waals surface area contributed by atoms with Gasteiger partial charge in [-0.25, -0.2) is 8.78 Å². The van der Waals surface area contributed by atoms with E-state index in [-0.39, 0.29) is 17.7 Å². The zero-order valence-corrected chi connectivity index (χ0v) is 11.1. The predicted octanol–water partition coefficient (Wildman–Crippen LogP) is 3.20. The smallest absolute Gasteiger partial charge is 0.174 e. The Hall–Kier alpha value is -2.07. The molecule has 0 bridgehead atoms. The predicted molar refractivity (Wildman–Crippen MR) is 73.7 cm³/mol. The second-order valence-corrected chi connectivity index (χ2v) is 4.62. The fourth-order valence-electron chi connectivity index (χ4n) is 2.10. The molecule has 0 aliphatic rings. The summed E-state index contributed by atoms with van der Waals surface area (Å²) in [5.74, 6) is -3.27. The Morgan fingerprint density at radius 2 is 1.75 bits per heavy atom. The molecular weight excluding hydrogens is 260 g/mol. The molecule has 0 heterocycles. The second kappa shape index (κ2) is 5.92. The van der Waals surface area contributed by atoms with E-state index in [2.05, 4.69) is 0 Å². The highest BCUT2D eigenvalue weighted by Gasteiger charge is 2.25. The molecular formula is C16H15F2NO. The first-order valence-corrected chi connectivity index (χ1v) is 6.30. The standard InChI is InChI=1S/C16H15F2NO/c1-10-7-8-12(15(18)14(10)17)16(20)13(9-19)11-5-3-2-4-6-11/h2-8,13H,9,19H2,1H3. The van der Waals surface area contributed by atoms with Crippen LogP contribution in [-0.4, -0.2) is 12.3 Å². The molecule has 0 aliphatic heterocycles. The Balaban J connectivity index is 2.42. The maximum atomic E-state index is 13.9. The topological polar surface area (TPSA) is 43.1 Å². The van der Waals surface area contributed by atoms with Crippen molar-refractivity contribution >= 4 is 5.78 Å². The third-order valence-corrected chi connectivity index (χ3v) is 3.29. The van der Waals surface area contributed by atoms with Gasteiger partial charge in [0.15, 0.2) is 17.4 Å². The molecule has 0 aliphatic carbocycles. The third kappa shape index (κ3) is 2.60. The van der Waals surface area contributed by atoms with E-state index >= 15 is 0 Å². The molecule has 4 heteroatoms. The van der Waals surface area contributed by atoms with Crippen LogP contribution in [0.3, 0.4) is 0 Å². The highest BCUT2D eigenvalue weighted by Crippen LogP contribution is 2.24. The van der Waals surface area contributed by atoms with Gasteiger partial charge >= 0.3 is 0 Å². The van der Waals surface area contributed by atoms with Crippen molar-refractivity contribution in [3.63, 3.8) is 0 Å². The zero-order valence-electron chi connectivity index (χ0n) is 11.1. The van der Waals surface area contributed by atoms with Crippen molar-refractivity contribution in [2.75, 3.05) is 6.54 Å². The molecule has 1 atom stereocenters. The average Bonchev–Trinajstić information content (AvgIpc) is 2.47. The number of rotatable bonds is 4. The van der Waals surface area contributed by atoms with E-state index in [1.807, 2.05) is 6.07 Å². The monoisotopic (exact) mass is 275 g/mol. The first kappa shape index (κ1) is 14.3. The number of halogens is 2. The number of hydrogen-bond acceptors (Lipinski definition) is 2. The third-order valence-electron chi connectivity index (χ3n) is 3.29. The Morgan fingerprint density at radius 1 is 1.10 bits per heavy atom. The minimum Gasteiger partial charge on any atom is -0.329 e. The highest BCUT2D eigenvalue weighted by molar-refractivity contribution is 6.01. The molecule has 104 valence electrons. The van der Waals surface area contributed by atoms with Crippen LogP contribution in [0.4, 0.5) is 8.78 Å². The number of hydrogen-bond donors (Lipinski definition) is 1. The Labute approximate surface area is 116 Å². The second-order valence-electron chi connectivity index (χ2n) is 4.62. The molecule has 0 amide bonds. The van der Waals surface area contributed by atoms with E-state index in [1.54, 1.807) is 24.3 Å². The van der Waals surface area contributed by atoms with Crippen LogP contribution < -0.4 is 5.73 Å². The summed E-state index contributed by atoms with van der Waals surface area (Å²) in [6.07, 6.45) is 0. The van der Waals surface area contributed by atoms with Crippen LogP contribution in [0, 0.1) is 18.6 Å². The van der Waals surface area contributed by atoms with Crippen LogP contribution >= 0.6 is 0 Å². The molecule has 2 rings (SSSR count). The Morgan fingerprint density at radius 3 is 2.35 bits per heavy atom. The number of carbonyl (C=O) groups excluding carboxylic acids is 1. The lowest BCUT2D eigenvalue weighted by atomic mass is 9.90. The summed E-state index contributed by atoms with van der Waals surface area (Å²) in [5.41, 5.74) is 6.23. The van der Waals surface area contributed by atoms with Crippen molar-refractivity contribution in [3.05, 3.63) is 70.8 Å². The van der Waals surface area contributed by atoms with Gasteiger partial charge in [0.25, 0.3) is 0 Å². The molecule has 0 aromatic heterocycles. The van der Waals surface area contributed by atoms with Crippen molar-refractivity contribution in [2.24, 2.45) is 5.73 Å².